The summed E-state index contributed by atoms with van der Waals surface area (Å²) in [7, 11) is 0. The van der Waals surface area contributed by atoms with Gasteiger partial charge < -0.3 is 14.8 Å². The normalized spacial score (nSPS) is 24.4. The molecule has 8 nitrogen and oxygen atoms in total. The maximum atomic E-state index is 12.9. The molecule has 3 aromatic rings. The molecule has 2 unspecified atom stereocenters. The van der Waals surface area contributed by atoms with Crippen molar-refractivity contribution in [1.82, 2.24) is 19.4 Å². The lowest BCUT2D eigenvalue weighted by Gasteiger charge is -2.24. The molecule has 1 saturated carbocycles. The van der Waals surface area contributed by atoms with Gasteiger partial charge in [-0.05, 0) is 45.2 Å². The predicted molar refractivity (Wildman–Crippen MR) is 111 cm³/mol. The monoisotopic (exact) mass is 443 g/mol. The molecule has 168 valence electrons. The fourth-order valence-corrected chi connectivity index (χ4v) is 4.64. The van der Waals surface area contributed by atoms with Gasteiger partial charge in [0.05, 0.1) is 24.5 Å². The van der Waals surface area contributed by atoms with Crippen molar-refractivity contribution in [2.24, 2.45) is 0 Å². The van der Waals surface area contributed by atoms with E-state index in [1.165, 1.54) is 18.2 Å². The number of rotatable bonds is 6. The molecule has 5 rings (SSSR count). The largest absolute Gasteiger partial charge is 0.475 e. The number of nitrogens with one attached hydrogen (secondary N) is 1. The number of hydrogen-bond donors (Lipinski definition) is 1. The Morgan fingerprint density at radius 3 is 2.78 bits per heavy atom. The van der Waals surface area contributed by atoms with Gasteiger partial charge in [-0.25, -0.2) is 23.7 Å². The van der Waals surface area contributed by atoms with Crippen molar-refractivity contribution in [2.45, 2.75) is 50.6 Å². The molecular formula is C22H23F2N5O3. The molecule has 1 saturated heterocycles. The van der Waals surface area contributed by atoms with E-state index < -0.39 is 18.0 Å². The number of aromatic nitrogens is 4. The second-order valence-corrected chi connectivity index (χ2v) is 8.62. The Hall–Kier alpha value is -3.14. The highest BCUT2D eigenvalue weighted by atomic mass is 19.3. The maximum absolute atomic E-state index is 12.9. The summed E-state index contributed by atoms with van der Waals surface area (Å²) in [5.74, 6) is -0.333. The van der Waals surface area contributed by atoms with Gasteiger partial charge in [-0.2, -0.15) is 0 Å². The summed E-state index contributed by atoms with van der Waals surface area (Å²) >= 11 is 0. The van der Waals surface area contributed by atoms with E-state index in [0.717, 1.165) is 25.0 Å². The van der Waals surface area contributed by atoms with E-state index in [9.17, 15) is 13.6 Å². The number of pyridine rings is 1. The van der Waals surface area contributed by atoms with Crippen LogP contribution in [0.15, 0.2) is 30.6 Å². The fourth-order valence-electron chi connectivity index (χ4n) is 4.64. The van der Waals surface area contributed by atoms with Crippen molar-refractivity contribution in [2.75, 3.05) is 18.5 Å². The average Bonchev–Trinajstić information content (AvgIpc) is 3.45. The predicted octanol–water partition coefficient (Wildman–Crippen LogP) is 3.92. The van der Waals surface area contributed by atoms with Crippen LogP contribution in [0.5, 0.6) is 5.88 Å². The van der Waals surface area contributed by atoms with E-state index in [2.05, 4.69) is 22.2 Å². The van der Waals surface area contributed by atoms with Crippen LogP contribution in [0.2, 0.25) is 0 Å². The van der Waals surface area contributed by atoms with Crippen LogP contribution >= 0.6 is 0 Å². The molecule has 2 aliphatic rings. The topological polar surface area (TPSA) is 90.6 Å². The molecule has 2 bridgehead atoms. The minimum Gasteiger partial charge on any atom is -0.475 e. The van der Waals surface area contributed by atoms with Gasteiger partial charge in [0, 0.05) is 17.8 Å². The van der Waals surface area contributed by atoms with Gasteiger partial charge in [-0.3, -0.25) is 9.20 Å². The molecule has 1 aliphatic carbocycles. The fraction of sp³-hybridized carbons (Fsp3) is 0.455. The number of carbonyl (C=O) groups excluding carboxylic acids is 1. The number of halogens is 2. The molecule has 4 heterocycles. The van der Waals surface area contributed by atoms with E-state index in [-0.39, 0.29) is 28.4 Å². The van der Waals surface area contributed by atoms with Gasteiger partial charge in [0.2, 0.25) is 5.65 Å². The van der Waals surface area contributed by atoms with Crippen molar-refractivity contribution < 1.29 is 23.0 Å². The van der Waals surface area contributed by atoms with E-state index in [4.69, 9.17) is 14.5 Å². The molecule has 2 fully saturated rings. The van der Waals surface area contributed by atoms with Crippen LogP contribution in [0.25, 0.3) is 5.65 Å². The summed E-state index contributed by atoms with van der Waals surface area (Å²) in [5, 5.41) is 2.52. The Bertz CT molecular complexity index is 1190. The molecule has 3 aromatic heterocycles. The highest BCUT2D eigenvalue weighted by Gasteiger charge is 2.55. The number of nitrogens with zero attached hydrogens (tertiary/aromatic N) is 4. The van der Waals surface area contributed by atoms with Crippen LogP contribution in [0.4, 0.5) is 14.6 Å². The lowest BCUT2D eigenvalue weighted by atomic mass is 9.84. The second-order valence-electron chi connectivity index (χ2n) is 8.62. The van der Waals surface area contributed by atoms with E-state index in [1.54, 1.807) is 10.6 Å². The first-order valence-electron chi connectivity index (χ1n) is 10.5. The van der Waals surface area contributed by atoms with Gasteiger partial charge in [0.1, 0.15) is 17.2 Å². The Kier molecular flexibility index (Phi) is 4.85. The Morgan fingerprint density at radius 2 is 2.12 bits per heavy atom. The molecule has 0 spiro atoms. The number of imidazole rings is 1. The Labute approximate surface area is 183 Å². The van der Waals surface area contributed by atoms with Gasteiger partial charge in [-0.1, -0.05) is 6.07 Å². The summed E-state index contributed by atoms with van der Waals surface area (Å²) < 4.78 is 39.2. The van der Waals surface area contributed by atoms with Crippen molar-refractivity contribution >= 4 is 17.4 Å². The van der Waals surface area contributed by atoms with Gasteiger partial charge in [-0.15, -0.1) is 0 Å². The van der Waals surface area contributed by atoms with Crippen LogP contribution in [-0.2, 0) is 10.2 Å². The van der Waals surface area contributed by atoms with Gasteiger partial charge in [0.25, 0.3) is 18.2 Å². The smallest absolute Gasteiger partial charge is 0.280 e. The summed E-state index contributed by atoms with van der Waals surface area (Å²) in [6.07, 6.45) is 3.60. The number of fused-ring (bicyclic) bond motifs is 3. The standard InChI is InChI=1S/C22H23F2N5O3/c1-3-31-20-18-27-15(22-8-7-21(2,11-22)32-12-22)10-29(18)9-14(26-20)19(30)28-16-6-4-5-13(25-16)17(23)24/h4-6,9-10,17H,3,7-8,11-12H2,1-2H3,(H,25,28,30). The van der Waals surface area contributed by atoms with Crippen molar-refractivity contribution in [1.29, 1.82) is 0 Å². The Balaban J connectivity index is 1.49. The summed E-state index contributed by atoms with van der Waals surface area (Å²) in [6, 6.07) is 4.05. The number of carbonyl (C=O) groups is 1. The number of alkyl halides is 2. The van der Waals surface area contributed by atoms with E-state index >= 15 is 0 Å². The highest BCUT2D eigenvalue weighted by molar-refractivity contribution is 6.02. The quantitative estimate of drug-likeness (QED) is 0.621. The molecular weight excluding hydrogens is 420 g/mol. The van der Waals surface area contributed by atoms with Crippen molar-refractivity contribution in [3.05, 3.63) is 47.7 Å². The second kappa shape index (κ2) is 7.47. The van der Waals surface area contributed by atoms with Crippen LogP contribution in [-0.4, -0.2) is 44.1 Å². The van der Waals surface area contributed by atoms with Crippen LogP contribution in [0.1, 0.15) is 61.4 Å². The van der Waals surface area contributed by atoms with Gasteiger partial charge >= 0.3 is 0 Å². The number of hydrogen-bond acceptors (Lipinski definition) is 6. The zero-order valence-electron chi connectivity index (χ0n) is 17.8. The Morgan fingerprint density at radius 1 is 1.28 bits per heavy atom. The lowest BCUT2D eigenvalue weighted by Crippen LogP contribution is -2.26. The highest BCUT2D eigenvalue weighted by Crippen LogP contribution is 2.53. The molecule has 1 N–H and O–H groups in total. The molecule has 1 amide bonds. The van der Waals surface area contributed by atoms with E-state index in [0.29, 0.717) is 18.9 Å². The summed E-state index contributed by atoms with van der Waals surface area (Å²) in [5.41, 5.74) is 0.803. The number of anilines is 1. The van der Waals surface area contributed by atoms with Crippen LogP contribution < -0.4 is 10.1 Å². The molecule has 1 aliphatic heterocycles. The molecule has 0 radical (unpaired) electrons. The van der Waals surface area contributed by atoms with Crippen molar-refractivity contribution in [3.63, 3.8) is 0 Å². The summed E-state index contributed by atoms with van der Waals surface area (Å²) in [4.78, 5) is 25.7. The third kappa shape index (κ3) is 3.48. The van der Waals surface area contributed by atoms with E-state index in [1.807, 2.05) is 13.1 Å². The minimum absolute atomic E-state index is 0.0196. The zero-order valence-corrected chi connectivity index (χ0v) is 17.8. The molecule has 32 heavy (non-hydrogen) atoms. The van der Waals surface area contributed by atoms with Crippen LogP contribution in [0, 0.1) is 0 Å². The first kappa shape index (κ1) is 20.7. The SMILES string of the molecule is CCOc1nc(C(=O)Nc2cccc(C(F)F)n2)cn2cc(C34CCC(C)(C3)OC4)nc12. The molecule has 0 aromatic carbocycles. The zero-order chi connectivity index (χ0) is 22.5. The number of amides is 1. The minimum atomic E-state index is -2.73. The van der Waals surface area contributed by atoms with Crippen molar-refractivity contribution in [3.8, 4) is 5.88 Å². The first-order chi connectivity index (χ1) is 15.3. The third-order valence-corrected chi connectivity index (χ3v) is 6.24. The number of ether oxygens (including phenoxy) is 2. The average molecular weight is 443 g/mol. The maximum Gasteiger partial charge on any atom is 0.280 e. The van der Waals surface area contributed by atoms with Crippen LogP contribution in [0.3, 0.4) is 0 Å². The molecule has 10 heteroatoms. The first-order valence-corrected chi connectivity index (χ1v) is 10.5. The lowest BCUT2D eigenvalue weighted by molar-refractivity contribution is -0.00627. The molecule has 2 atom stereocenters. The van der Waals surface area contributed by atoms with Gasteiger partial charge in [0.15, 0.2) is 0 Å². The third-order valence-electron chi connectivity index (χ3n) is 6.24. The summed E-state index contributed by atoms with van der Waals surface area (Å²) in [6.45, 7) is 4.91.